The summed E-state index contributed by atoms with van der Waals surface area (Å²) in [5.74, 6) is 0. The minimum atomic E-state index is 0.0358. The second kappa shape index (κ2) is 6.72. The van der Waals surface area contributed by atoms with Gasteiger partial charge >= 0.3 is 64.0 Å². The SMILES string of the molecule is [Be][Se]CCC(CO)OC. The molecule has 1 atom stereocenters. The molecule has 0 aromatic heterocycles. The van der Waals surface area contributed by atoms with E-state index in [1.165, 1.54) is 0 Å². The van der Waals surface area contributed by atoms with Gasteiger partial charge in [-0.2, -0.15) is 0 Å². The molecule has 0 bridgehead atoms. The van der Waals surface area contributed by atoms with Crippen molar-refractivity contribution in [2.75, 3.05) is 13.7 Å². The van der Waals surface area contributed by atoms with Crippen LogP contribution in [0.3, 0.4) is 0 Å². The van der Waals surface area contributed by atoms with Crippen molar-refractivity contribution in [3.05, 3.63) is 0 Å². The quantitative estimate of drug-likeness (QED) is 0.598. The zero-order valence-corrected chi connectivity index (χ0v) is 7.38. The molecule has 0 saturated heterocycles. The zero-order valence-electron chi connectivity index (χ0n) is 5.67. The van der Waals surface area contributed by atoms with Gasteiger partial charge < -0.3 is 0 Å². The summed E-state index contributed by atoms with van der Waals surface area (Å²) in [6.45, 7) is 0.132. The third-order valence-electron chi connectivity index (χ3n) is 1.12. The van der Waals surface area contributed by atoms with Gasteiger partial charge in [-0.1, -0.05) is 0 Å². The van der Waals surface area contributed by atoms with Gasteiger partial charge in [0.25, 0.3) is 0 Å². The van der Waals surface area contributed by atoms with Gasteiger partial charge in [-0.05, 0) is 0 Å². The fraction of sp³-hybridized carbons (Fsp3) is 1.00. The molecule has 0 spiro atoms. The van der Waals surface area contributed by atoms with Gasteiger partial charge in [0.2, 0.25) is 0 Å². The molecule has 9 heavy (non-hydrogen) atoms. The average molecular weight is 191 g/mol. The van der Waals surface area contributed by atoms with Crippen LogP contribution in [0.2, 0.25) is 5.32 Å². The van der Waals surface area contributed by atoms with E-state index in [4.69, 9.17) is 9.84 Å². The van der Waals surface area contributed by atoms with Gasteiger partial charge in [0.05, 0.1) is 0 Å². The summed E-state index contributed by atoms with van der Waals surface area (Å²) in [5, 5.41) is 9.70. The molecule has 2 nitrogen and oxygen atoms in total. The van der Waals surface area contributed by atoms with Gasteiger partial charge in [-0.3, -0.25) is 0 Å². The fourth-order valence-corrected chi connectivity index (χ4v) is 1.40. The molecule has 0 rings (SSSR count). The van der Waals surface area contributed by atoms with Crippen LogP contribution in [0.5, 0.6) is 0 Å². The Morgan fingerprint density at radius 2 is 2.44 bits per heavy atom. The summed E-state index contributed by atoms with van der Waals surface area (Å²) in [5.41, 5.74) is 0. The molecule has 0 aromatic carbocycles. The number of hydrogen-bond acceptors (Lipinski definition) is 2. The molecule has 0 amide bonds. The molecule has 51 valence electrons. The number of methoxy groups -OCH3 is 1. The minimum absolute atomic E-state index is 0.0358. The van der Waals surface area contributed by atoms with E-state index in [9.17, 15) is 0 Å². The van der Waals surface area contributed by atoms with E-state index in [-0.39, 0.29) is 12.7 Å². The van der Waals surface area contributed by atoms with Gasteiger partial charge in [0.15, 0.2) is 0 Å². The van der Waals surface area contributed by atoms with Crippen molar-refractivity contribution in [1.82, 2.24) is 0 Å². The first-order valence-corrected chi connectivity index (χ1v) is 5.28. The van der Waals surface area contributed by atoms with Gasteiger partial charge in [-0.15, -0.1) is 0 Å². The van der Waals surface area contributed by atoms with Crippen LogP contribution in [-0.4, -0.2) is 47.5 Å². The molecule has 0 aliphatic carbocycles. The van der Waals surface area contributed by atoms with Crippen LogP contribution in [0.25, 0.3) is 0 Å². The first-order chi connectivity index (χ1) is 4.35. The van der Waals surface area contributed by atoms with E-state index in [1.807, 2.05) is 0 Å². The molecule has 0 fully saturated rings. The van der Waals surface area contributed by atoms with Crippen molar-refractivity contribution in [1.29, 1.82) is 0 Å². The van der Waals surface area contributed by atoms with E-state index in [2.05, 4.69) is 8.12 Å². The van der Waals surface area contributed by atoms with E-state index in [0.29, 0.717) is 14.5 Å². The van der Waals surface area contributed by atoms with Gasteiger partial charge in [-0.25, -0.2) is 0 Å². The Morgan fingerprint density at radius 1 is 1.78 bits per heavy atom. The summed E-state index contributed by atoms with van der Waals surface area (Å²) in [7, 11) is 5.37. The fourth-order valence-electron chi connectivity index (χ4n) is 0.498. The molecule has 0 aliphatic rings. The Hall–Kier alpha value is 0.608. The molecular weight excluding hydrogens is 180 g/mol. The Labute approximate surface area is 64.5 Å². The third-order valence-corrected chi connectivity index (χ3v) is 2.22. The van der Waals surface area contributed by atoms with Crippen LogP contribution in [0.1, 0.15) is 6.42 Å². The van der Waals surface area contributed by atoms with Crippen LogP contribution in [0.15, 0.2) is 0 Å². The summed E-state index contributed by atoms with van der Waals surface area (Å²) in [6, 6.07) is 0. The van der Waals surface area contributed by atoms with Crippen LogP contribution in [0.4, 0.5) is 0 Å². The van der Waals surface area contributed by atoms with Gasteiger partial charge in [0.1, 0.15) is 0 Å². The number of ether oxygens (including phenoxy) is 1. The molecular formula is C5H11BeO2Se. The van der Waals surface area contributed by atoms with E-state index in [0.717, 1.165) is 11.7 Å². The number of aliphatic hydroxyl groups excluding tert-OH is 1. The Morgan fingerprint density at radius 3 is 2.78 bits per heavy atom. The number of aliphatic hydroxyl groups is 1. The topological polar surface area (TPSA) is 29.5 Å². The summed E-state index contributed by atoms with van der Waals surface area (Å²) < 4.78 is 4.93. The molecule has 4 heteroatoms. The molecule has 0 heterocycles. The number of rotatable bonds is 5. The summed E-state index contributed by atoms with van der Waals surface area (Å²) >= 11 is 0.464. The van der Waals surface area contributed by atoms with E-state index >= 15 is 0 Å². The molecule has 0 aromatic rings. The molecule has 1 unspecified atom stereocenters. The normalized spacial score (nSPS) is 13.4. The Kier molecular flexibility index (Phi) is 7.18. The predicted octanol–water partition coefficient (Wildman–Crippen LogP) is -0.410. The standard InChI is InChI=1S/C5H12O2Se.Be/c1-7-5(4-6)2-3-8;/h5-6,8H,2-4H2,1H3;/q;+1/p-1. The van der Waals surface area contributed by atoms with Crippen LogP contribution >= 0.6 is 0 Å². The van der Waals surface area contributed by atoms with Crippen molar-refractivity contribution in [2.45, 2.75) is 17.8 Å². The zero-order chi connectivity index (χ0) is 7.11. The second-order valence-electron chi connectivity index (χ2n) is 1.74. The van der Waals surface area contributed by atoms with Crippen molar-refractivity contribution in [3.63, 3.8) is 0 Å². The van der Waals surface area contributed by atoms with Crippen molar-refractivity contribution >= 4 is 22.6 Å². The predicted molar refractivity (Wildman–Crippen MR) is 38.8 cm³/mol. The maximum atomic E-state index is 8.61. The summed E-state index contributed by atoms with van der Waals surface area (Å²) in [4.78, 5) is 0. The third kappa shape index (κ3) is 5.07. The van der Waals surface area contributed by atoms with Gasteiger partial charge in [0, 0.05) is 0 Å². The molecule has 1 N–H and O–H groups in total. The first kappa shape index (κ1) is 9.61. The Bertz CT molecular complexity index is 58.9. The molecule has 1 radical (unpaired) electrons. The van der Waals surface area contributed by atoms with E-state index < -0.39 is 0 Å². The first-order valence-electron chi connectivity index (χ1n) is 2.85. The van der Waals surface area contributed by atoms with Crippen LogP contribution in [0, 0.1) is 0 Å². The van der Waals surface area contributed by atoms with Crippen LogP contribution < -0.4 is 0 Å². The number of hydrogen-bond donors (Lipinski definition) is 1. The van der Waals surface area contributed by atoms with Crippen molar-refractivity contribution in [2.24, 2.45) is 0 Å². The maximum absolute atomic E-state index is 8.61. The Balaban J connectivity index is 3.09. The monoisotopic (exact) mass is 192 g/mol. The second-order valence-corrected chi connectivity index (χ2v) is 3.45. The van der Waals surface area contributed by atoms with Crippen LogP contribution in [-0.2, 0) is 4.74 Å². The van der Waals surface area contributed by atoms with Crippen molar-refractivity contribution < 1.29 is 9.84 Å². The molecule has 0 aliphatic heterocycles. The average Bonchev–Trinajstić information content (AvgIpc) is 1.91. The summed E-state index contributed by atoms with van der Waals surface area (Å²) in [6.07, 6.45) is 0.977. The van der Waals surface area contributed by atoms with Crippen molar-refractivity contribution in [3.8, 4) is 0 Å². The molecule has 0 saturated carbocycles. The van der Waals surface area contributed by atoms with E-state index in [1.54, 1.807) is 7.11 Å².